The Balaban J connectivity index is 1.38. The SMILES string of the molecule is Cc1occc1-c1nnc(SCC(=O)N[C@@H](C)c2cc3ccccc3o2)n1C. The molecule has 4 rings (SSSR count). The van der Waals surface area contributed by atoms with Gasteiger partial charge in [0, 0.05) is 12.4 Å². The normalized spacial score (nSPS) is 12.4. The van der Waals surface area contributed by atoms with Gasteiger partial charge in [0.2, 0.25) is 5.91 Å². The first-order valence-corrected chi connectivity index (χ1v) is 9.86. The van der Waals surface area contributed by atoms with Crippen molar-refractivity contribution in [2.24, 2.45) is 7.05 Å². The lowest BCUT2D eigenvalue weighted by Gasteiger charge is -2.11. The van der Waals surface area contributed by atoms with E-state index in [1.54, 1.807) is 6.26 Å². The van der Waals surface area contributed by atoms with Gasteiger partial charge in [-0.1, -0.05) is 30.0 Å². The lowest BCUT2D eigenvalue weighted by atomic mass is 10.2. The molecule has 0 unspecified atom stereocenters. The average molecular weight is 396 g/mol. The van der Waals surface area contributed by atoms with Gasteiger partial charge in [0.1, 0.15) is 17.1 Å². The predicted octanol–water partition coefficient (Wildman–Crippen LogP) is 4.10. The molecule has 0 saturated heterocycles. The summed E-state index contributed by atoms with van der Waals surface area (Å²) in [5, 5.41) is 13.1. The highest BCUT2D eigenvalue weighted by molar-refractivity contribution is 7.99. The fourth-order valence-corrected chi connectivity index (χ4v) is 3.71. The third-order valence-electron chi connectivity index (χ3n) is 4.52. The van der Waals surface area contributed by atoms with Gasteiger partial charge in [0.25, 0.3) is 0 Å². The average Bonchev–Trinajstić information content (AvgIpc) is 3.38. The van der Waals surface area contributed by atoms with Crippen molar-refractivity contribution in [3.8, 4) is 11.4 Å². The molecular formula is C20H20N4O3S. The molecule has 0 bridgehead atoms. The van der Waals surface area contributed by atoms with E-state index in [-0.39, 0.29) is 17.7 Å². The molecule has 0 radical (unpaired) electrons. The van der Waals surface area contributed by atoms with Gasteiger partial charge in [-0.25, -0.2) is 0 Å². The van der Waals surface area contributed by atoms with Crippen LogP contribution in [0.25, 0.3) is 22.4 Å². The second-order valence-electron chi connectivity index (χ2n) is 6.52. The Morgan fingerprint density at radius 1 is 1.29 bits per heavy atom. The quantitative estimate of drug-likeness (QED) is 0.494. The molecule has 0 aliphatic heterocycles. The number of amides is 1. The summed E-state index contributed by atoms with van der Waals surface area (Å²) in [5.41, 5.74) is 1.71. The molecule has 7 nitrogen and oxygen atoms in total. The van der Waals surface area contributed by atoms with E-state index < -0.39 is 0 Å². The summed E-state index contributed by atoms with van der Waals surface area (Å²) in [6.07, 6.45) is 1.62. The summed E-state index contributed by atoms with van der Waals surface area (Å²) >= 11 is 1.34. The zero-order valence-corrected chi connectivity index (χ0v) is 16.6. The van der Waals surface area contributed by atoms with Gasteiger partial charge < -0.3 is 18.7 Å². The van der Waals surface area contributed by atoms with Crippen LogP contribution >= 0.6 is 11.8 Å². The number of carbonyl (C=O) groups is 1. The minimum atomic E-state index is -0.218. The van der Waals surface area contributed by atoms with Gasteiger partial charge in [0.15, 0.2) is 11.0 Å². The van der Waals surface area contributed by atoms with Crippen LogP contribution < -0.4 is 5.32 Å². The molecule has 0 fully saturated rings. The van der Waals surface area contributed by atoms with Crippen molar-refractivity contribution in [3.63, 3.8) is 0 Å². The van der Waals surface area contributed by atoms with Gasteiger partial charge in [-0.15, -0.1) is 10.2 Å². The molecule has 144 valence electrons. The number of nitrogens with zero attached hydrogens (tertiary/aromatic N) is 3. The number of aryl methyl sites for hydroxylation is 1. The van der Waals surface area contributed by atoms with E-state index in [4.69, 9.17) is 8.83 Å². The Morgan fingerprint density at radius 3 is 2.86 bits per heavy atom. The Bertz CT molecular complexity index is 1090. The number of para-hydroxylation sites is 1. The van der Waals surface area contributed by atoms with Crippen molar-refractivity contribution < 1.29 is 13.6 Å². The highest BCUT2D eigenvalue weighted by Crippen LogP contribution is 2.26. The molecule has 28 heavy (non-hydrogen) atoms. The van der Waals surface area contributed by atoms with Crippen LogP contribution in [0.3, 0.4) is 0 Å². The van der Waals surface area contributed by atoms with E-state index in [2.05, 4.69) is 15.5 Å². The monoisotopic (exact) mass is 396 g/mol. The Morgan fingerprint density at radius 2 is 2.11 bits per heavy atom. The number of carbonyl (C=O) groups excluding carboxylic acids is 1. The predicted molar refractivity (Wildman–Crippen MR) is 107 cm³/mol. The fraction of sp³-hybridized carbons (Fsp3) is 0.250. The number of thioether (sulfide) groups is 1. The maximum absolute atomic E-state index is 12.4. The lowest BCUT2D eigenvalue weighted by Crippen LogP contribution is -2.28. The third kappa shape index (κ3) is 3.55. The maximum Gasteiger partial charge on any atom is 0.231 e. The van der Waals surface area contributed by atoms with Gasteiger partial charge in [0.05, 0.1) is 23.6 Å². The van der Waals surface area contributed by atoms with Crippen LogP contribution in [0.1, 0.15) is 24.5 Å². The molecule has 0 saturated carbocycles. The number of furan rings is 2. The lowest BCUT2D eigenvalue weighted by molar-refractivity contribution is -0.119. The first kappa shape index (κ1) is 18.4. The number of aromatic nitrogens is 3. The van der Waals surface area contributed by atoms with Crippen molar-refractivity contribution in [1.82, 2.24) is 20.1 Å². The zero-order valence-electron chi connectivity index (χ0n) is 15.8. The van der Waals surface area contributed by atoms with Crippen molar-refractivity contribution >= 4 is 28.6 Å². The molecule has 3 aromatic heterocycles. The van der Waals surface area contributed by atoms with Gasteiger partial charge >= 0.3 is 0 Å². The van der Waals surface area contributed by atoms with E-state index >= 15 is 0 Å². The van der Waals surface area contributed by atoms with Crippen molar-refractivity contribution in [2.75, 3.05) is 5.75 Å². The van der Waals surface area contributed by atoms with Gasteiger partial charge in [-0.3, -0.25) is 4.79 Å². The van der Waals surface area contributed by atoms with Crippen LogP contribution in [0.2, 0.25) is 0 Å². The second kappa shape index (κ2) is 7.55. The summed E-state index contributed by atoms with van der Waals surface area (Å²) < 4.78 is 13.0. The van der Waals surface area contributed by atoms with E-state index in [1.807, 2.05) is 61.9 Å². The van der Waals surface area contributed by atoms with Gasteiger partial charge in [-0.05, 0) is 32.0 Å². The number of nitrogens with one attached hydrogen (secondary N) is 1. The molecule has 1 N–H and O–H groups in total. The number of benzene rings is 1. The second-order valence-corrected chi connectivity index (χ2v) is 7.46. The summed E-state index contributed by atoms with van der Waals surface area (Å²) in [6, 6.07) is 11.4. The molecule has 1 atom stereocenters. The van der Waals surface area contributed by atoms with Crippen LogP contribution in [-0.4, -0.2) is 26.4 Å². The van der Waals surface area contributed by atoms with E-state index in [0.717, 1.165) is 28.1 Å². The Kier molecular flexibility index (Phi) is 4.95. The minimum Gasteiger partial charge on any atom is -0.469 e. The molecular weight excluding hydrogens is 376 g/mol. The molecule has 1 amide bonds. The van der Waals surface area contributed by atoms with Crippen molar-refractivity contribution in [2.45, 2.75) is 25.0 Å². The number of fused-ring (bicyclic) bond motifs is 1. The summed E-state index contributed by atoms with van der Waals surface area (Å²) in [7, 11) is 1.87. The number of rotatable bonds is 6. The third-order valence-corrected chi connectivity index (χ3v) is 5.54. The summed E-state index contributed by atoms with van der Waals surface area (Å²) in [6.45, 7) is 3.78. The molecule has 3 heterocycles. The molecule has 4 aromatic rings. The van der Waals surface area contributed by atoms with E-state index in [9.17, 15) is 4.79 Å². The van der Waals surface area contributed by atoms with Crippen LogP contribution in [0, 0.1) is 6.92 Å². The number of hydrogen-bond acceptors (Lipinski definition) is 6. The molecule has 8 heteroatoms. The Labute approximate surface area is 166 Å². The van der Waals surface area contributed by atoms with E-state index in [1.165, 1.54) is 11.8 Å². The zero-order chi connectivity index (χ0) is 19.7. The first-order valence-electron chi connectivity index (χ1n) is 8.87. The molecule has 0 spiro atoms. The van der Waals surface area contributed by atoms with Crippen LogP contribution in [0.4, 0.5) is 0 Å². The minimum absolute atomic E-state index is 0.0954. The molecule has 0 aliphatic carbocycles. The van der Waals surface area contributed by atoms with Crippen molar-refractivity contribution in [3.05, 3.63) is 54.2 Å². The van der Waals surface area contributed by atoms with Crippen LogP contribution in [0.5, 0.6) is 0 Å². The van der Waals surface area contributed by atoms with E-state index in [0.29, 0.717) is 11.0 Å². The highest BCUT2D eigenvalue weighted by atomic mass is 32.2. The standard InChI is InChI=1S/C20H20N4O3S/c1-12(17-10-14-6-4-5-7-16(14)27-17)21-18(25)11-28-20-23-22-19(24(20)3)15-8-9-26-13(15)2/h4-10,12H,11H2,1-3H3,(H,21,25)/t12-/m0/s1. The number of hydrogen-bond donors (Lipinski definition) is 1. The topological polar surface area (TPSA) is 86.1 Å². The van der Waals surface area contributed by atoms with Crippen LogP contribution in [-0.2, 0) is 11.8 Å². The maximum atomic E-state index is 12.4. The van der Waals surface area contributed by atoms with Crippen molar-refractivity contribution in [1.29, 1.82) is 0 Å². The highest BCUT2D eigenvalue weighted by Gasteiger charge is 2.18. The Hall–Kier alpha value is -3.00. The molecule has 1 aromatic carbocycles. The summed E-state index contributed by atoms with van der Waals surface area (Å²) in [5.74, 6) is 2.37. The van der Waals surface area contributed by atoms with Gasteiger partial charge in [-0.2, -0.15) is 0 Å². The van der Waals surface area contributed by atoms with Crippen LogP contribution in [0.15, 0.2) is 56.7 Å². The smallest absolute Gasteiger partial charge is 0.231 e. The fourth-order valence-electron chi connectivity index (χ4n) is 2.99. The molecule has 0 aliphatic rings. The first-order chi connectivity index (χ1) is 13.5. The largest absolute Gasteiger partial charge is 0.469 e. The summed E-state index contributed by atoms with van der Waals surface area (Å²) in [4.78, 5) is 12.4.